The standard InChI is InChI=1S/C28H42N4O4S/c1-3-5-17-29-28(33)32(18-6-4-2)25-15-19-31(20-16-25)22-24-9-13-27(14-10-24)36-26-11-7-23(8-12-26)21-30-37(34)35/h7-14,25,30H,3-6,15-22H2,1-2H3,(H,29,33)(H,34,35)/p-1. The number of likely N-dealkylation sites (tertiary alicyclic amines) is 1. The van der Waals surface area contributed by atoms with Crippen molar-refractivity contribution in [1.29, 1.82) is 0 Å². The van der Waals surface area contributed by atoms with Gasteiger partial charge < -0.3 is 19.5 Å². The number of nitrogens with zero attached hydrogens (tertiary/aromatic N) is 2. The van der Waals surface area contributed by atoms with E-state index < -0.39 is 11.3 Å². The van der Waals surface area contributed by atoms with Crippen LogP contribution in [0.2, 0.25) is 0 Å². The van der Waals surface area contributed by atoms with Crippen molar-refractivity contribution in [3.8, 4) is 11.5 Å². The molecular formula is C28H41N4O4S-. The molecule has 0 aliphatic carbocycles. The summed E-state index contributed by atoms with van der Waals surface area (Å²) in [6, 6.07) is 15.9. The third-order valence-corrected chi connectivity index (χ3v) is 7.08. The fraction of sp³-hybridized carbons (Fsp3) is 0.536. The normalized spacial score (nSPS) is 15.3. The second-order valence-electron chi connectivity index (χ2n) is 9.59. The van der Waals surface area contributed by atoms with Crippen molar-refractivity contribution < 1.29 is 18.3 Å². The number of benzene rings is 2. The number of hydrogen-bond donors (Lipinski definition) is 2. The number of urea groups is 1. The minimum atomic E-state index is -2.27. The van der Waals surface area contributed by atoms with E-state index >= 15 is 0 Å². The Bertz CT molecular complexity index is 963. The molecule has 8 nitrogen and oxygen atoms in total. The number of rotatable bonds is 14. The highest BCUT2D eigenvalue weighted by atomic mass is 32.2. The highest BCUT2D eigenvalue weighted by Gasteiger charge is 2.27. The number of carbonyl (C=O) groups excluding carboxylic acids is 1. The molecule has 1 heterocycles. The summed E-state index contributed by atoms with van der Waals surface area (Å²) in [7, 11) is 0. The minimum absolute atomic E-state index is 0.0983. The fourth-order valence-corrected chi connectivity index (χ4v) is 4.80. The van der Waals surface area contributed by atoms with Crippen LogP contribution in [0.1, 0.15) is 63.5 Å². The lowest BCUT2D eigenvalue weighted by atomic mass is 10.0. The zero-order chi connectivity index (χ0) is 26.5. The molecule has 0 radical (unpaired) electrons. The van der Waals surface area contributed by atoms with Crippen LogP contribution in [-0.4, -0.2) is 56.8 Å². The van der Waals surface area contributed by atoms with Gasteiger partial charge in [-0.25, -0.2) is 9.52 Å². The highest BCUT2D eigenvalue weighted by Crippen LogP contribution is 2.24. The SMILES string of the molecule is CCCCNC(=O)N(CCCC)C1CCN(Cc2ccc(Oc3ccc(CNS(=O)[O-])cc3)cc2)CC1. The van der Waals surface area contributed by atoms with E-state index in [4.69, 9.17) is 4.74 Å². The molecule has 1 atom stereocenters. The number of carbonyl (C=O) groups is 1. The molecule has 204 valence electrons. The second kappa shape index (κ2) is 15.7. The number of nitrogens with one attached hydrogen (secondary N) is 2. The Balaban J connectivity index is 1.46. The topological polar surface area (TPSA) is 97.0 Å². The number of unbranched alkanes of at least 4 members (excludes halogenated alkanes) is 2. The average molecular weight is 530 g/mol. The van der Waals surface area contributed by atoms with Crippen LogP contribution < -0.4 is 14.8 Å². The van der Waals surface area contributed by atoms with E-state index in [0.29, 0.717) is 11.8 Å². The summed E-state index contributed by atoms with van der Waals surface area (Å²) >= 11 is -2.27. The highest BCUT2D eigenvalue weighted by molar-refractivity contribution is 7.77. The first-order valence-electron chi connectivity index (χ1n) is 13.4. The van der Waals surface area contributed by atoms with Gasteiger partial charge in [0.25, 0.3) is 0 Å². The lowest BCUT2D eigenvalue weighted by Gasteiger charge is -2.38. The zero-order valence-electron chi connectivity index (χ0n) is 22.1. The van der Waals surface area contributed by atoms with E-state index in [1.54, 1.807) is 0 Å². The van der Waals surface area contributed by atoms with Crippen LogP contribution in [0.3, 0.4) is 0 Å². The summed E-state index contributed by atoms with van der Waals surface area (Å²) in [5.74, 6) is 1.46. The smallest absolute Gasteiger partial charge is 0.317 e. The van der Waals surface area contributed by atoms with Crippen molar-refractivity contribution in [2.24, 2.45) is 0 Å². The molecule has 1 saturated heterocycles. The van der Waals surface area contributed by atoms with E-state index in [0.717, 1.165) is 82.6 Å². The van der Waals surface area contributed by atoms with Crippen molar-refractivity contribution in [2.75, 3.05) is 26.2 Å². The molecule has 1 unspecified atom stereocenters. The van der Waals surface area contributed by atoms with Crippen molar-refractivity contribution in [1.82, 2.24) is 19.8 Å². The predicted octanol–water partition coefficient (Wildman–Crippen LogP) is 4.94. The number of hydrogen-bond acceptors (Lipinski definition) is 5. The van der Waals surface area contributed by atoms with Crippen LogP contribution in [0, 0.1) is 0 Å². The van der Waals surface area contributed by atoms with Crippen LogP contribution >= 0.6 is 0 Å². The molecule has 1 aliphatic rings. The Morgan fingerprint density at radius 3 is 2.16 bits per heavy atom. The summed E-state index contributed by atoms with van der Waals surface area (Å²) in [5.41, 5.74) is 2.10. The zero-order valence-corrected chi connectivity index (χ0v) is 22.9. The van der Waals surface area contributed by atoms with E-state index in [-0.39, 0.29) is 12.6 Å². The van der Waals surface area contributed by atoms with Crippen LogP contribution in [0.25, 0.3) is 0 Å². The molecule has 0 spiro atoms. The number of piperidine rings is 1. The number of amides is 2. The molecule has 2 aromatic rings. The van der Waals surface area contributed by atoms with Gasteiger partial charge in [-0.1, -0.05) is 51.0 Å². The van der Waals surface area contributed by atoms with Crippen LogP contribution in [0.4, 0.5) is 4.79 Å². The monoisotopic (exact) mass is 529 g/mol. The van der Waals surface area contributed by atoms with Crippen molar-refractivity contribution >= 4 is 17.3 Å². The minimum Gasteiger partial charge on any atom is -0.760 e. The largest absolute Gasteiger partial charge is 0.760 e. The lowest BCUT2D eigenvalue weighted by Crippen LogP contribution is -2.51. The molecule has 2 amide bonds. The molecule has 2 N–H and O–H groups in total. The molecule has 1 aliphatic heterocycles. The Morgan fingerprint density at radius 1 is 1.00 bits per heavy atom. The molecule has 0 bridgehead atoms. The van der Waals surface area contributed by atoms with Gasteiger partial charge in [-0.3, -0.25) is 9.11 Å². The number of ether oxygens (including phenoxy) is 1. The molecule has 9 heteroatoms. The quantitative estimate of drug-likeness (QED) is 0.267. The summed E-state index contributed by atoms with van der Waals surface area (Å²) in [6.45, 7) is 9.00. The Morgan fingerprint density at radius 2 is 1.59 bits per heavy atom. The van der Waals surface area contributed by atoms with Crippen LogP contribution in [0.5, 0.6) is 11.5 Å². The molecule has 1 fully saturated rings. The van der Waals surface area contributed by atoms with E-state index in [9.17, 15) is 13.6 Å². The second-order valence-corrected chi connectivity index (χ2v) is 10.3. The average Bonchev–Trinajstić information content (AvgIpc) is 2.90. The summed E-state index contributed by atoms with van der Waals surface area (Å²) < 4.78 is 29.5. The lowest BCUT2D eigenvalue weighted by molar-refractivity contribution is 0.116. The van der Waals surface area contributed by atoms with Gasteiger partial charge in [0.1, 0.15) is 11.5 Å². The molecule has 37 heavy (non-hydrogen) atoms. The van der Waals surface area contributed by atoms with Gasteiger partial charge in [0.2, 0.25) is 0 Å². The maximum atomic E-state index is 12.8. The van der Waals surface area contributed by atoms with Crippen LogP contribution in [-0.2, 0) is 24.4 Å². The van der Waals surface area contributed by atoms with Gasteiger partial charge >= 0.3 is 6.03 Å². The van der Waals surface area contributed by atoms with Gasteiger partial charge in [-0.15, -0.1) is 0 Å². The Kier molecular flexibility index (Phi) is 12.4. The van der Waals surface area contributed by atoms with Gasteiger partial charge in [-0.05, 0) is 61.1 Å². The summed E-state index contributed by atoms with van der Waals surface area (Å²) in [4.78, 5) is 17.3. The van der Waals surface area contributed by atoms with Gasteiger partial charge in [0, 0.05) is 56.6 Å². The Hall–Kier alpha value is -2.46. The fourth-order valence-electron chi connectivity index (χ4n) is 4.52. The molecule has 0 saturated carbocycles. The molecule has 2 aromatic carbocycles. The predicted molar refractivity (Wildman–Crippen MR) is 147 cm³/mol. The van der Waals surface area contributed by atoms with Gasteiger partial charge in [-0.2, -0.15) is 0 Å². The molecular weight excluding hydrogens is 488 g/mol. The van der Waals surface area contributed by atoms with Gasteiger partial charge in [0.05, 0.1) is 0 Å². The maximum Gasteiger partial charge on any atom is 0.317 e. The first-order valence-corrected chi connectivity index (χ1v) is 14.5. The Labute approximate surface area is 224 Å². The third kappa shape index (κ3) is 10.1. The summed E-state index contributed by atoms with van der Waals surface area (Å²) in [5, 5.41) is 3.11. The molecule has 3 rings (SSSR count). The first kappa shape index (κ1) is 29.1. The van der Waals surface area contributed by atoms with Crippen molar-refractivity contribution in [3.63, 3.8) is 0 Å². The summed E-state index contributed by atoms with van der Waals surface area (Å²) in [6.07, 6.45) is 6.24. The van der Waals surface area contributed by atoms with E-state index in [2.05, 4.69) is 45.8 Å². The molecule has 0 aromatic heterocycles. The first-order chi connectivity index (χ1) is 18.0. The van der Waals surface area contributed by atoms with E-state index in [1.807, 2.05) is 36.4 Å². The maximum absolute atomic E-state index is 12.8. The van der Waals surface area contributed by atoms with Crippen molar-refractivity contribution in [3.05, 3.63) is 59.7 Å². The van der Waals surface area contributed by atoms with E-state index in [1.165, 1.54) is 5.56 Å². The third-order valence-electron chi connectivity index (χ3n) is 6.70. The van der Waals surface area contributed by atoms with Crippen molar-refractivity contribution in [2.45, 2.75) is 71.5 Å². The van der Waals surface area contributed by atoms with Gasteiger partial charge in [0.15, 0.2) is 0 Å². The van der Waals surface area contributed by atoms with Crippen LogP contribution in [0.15, 0.2) is 48.5 Å².